The van der Waals surface area contributed by atoms with Crippen molar-refractivity contribution in [2.45, 2.75) is 136 Å². The predicted octanol–water partition coefficient (Wildman–Crippen LogP) is 12.8. The van der Waals surface area contributed by atoms with Gasteiger partial charge in [0.1, 0.15) is 34.2 Å². The topological polar surface area (TPSA) is 686 Å². The minimum atomic E-state index is -5.31. The van der Waals surface area contributed by atoms with Crippen LogP contribution in [0.4, 0.5) is 0 Å². The maximum atomic E-state index is 13.6. The van der Waals surface area contributed by atoms with Crippen LogP contribution in [-0.2, 0) is 123 Å². The van der Waals surface area contributed by atoms with Crippen molar-refractivity contribution < 1.29 is 195 Å². The van der Waals surface area contributed by atoms with Crippen molar-refractivity contribution in [2.75, 3.05) is 144 Å². The van der Waals surface area contributed by atoms with Crippen molar-refractivity contribution in [2.24, 2.45) is 17.8 Å². The van der Waals surface area contributed by atoms with E-state index in [-0.39, 0.29) is 127 Å². The van der Waals surface area contributed by atoms with Gasteiger partial charge in [-0.05, 0) is 160 Å². The number of aromatic hydroxyl groups is 2. The quantitative estimate of drug-likeness (QED) is 0.0119. The van der Waals surface area contributed by atoms with E-state index in [0.29, 0.717) is 63.4 Å². The van der Waals surface area contributed by atoms with Crippen LogP contribution in [0.15, 0.2) is 140 Å². The average molecular weight is 2220 g/mol. The predicted molar refractivity (Wildman–Crippen MR) is 508 cm³/mol. The van der Waals surface area contributed by atoms with E-state index < -0.39 is 219 Å². The molecule has 800 valence electrons. The summed E-state index contributed by atoms with van der Waals surface area (Å²) in [4.78, 5) is 165. The van der Waals surface area contributed by atoms with Gasteiger partial charge in [-0.25, -0.2) is 0 Å². The molecule has 4 aliphatic rings. The first-order chi connectivity index (χ1) is 67.8. The van der Waals surface area contributed by atoms with Crippen LogP contribution < -0.4 is 65.5 Å². The van der Waals surface area contributed by atoms with Gasteiger partial charge in [-0.1, -0.05) is 112 Å². The lowest BCUT2D eigenvalue weighted by molar-refractivity contribution is -0.235. The highest BCUT2D eigenvalue weighted by molar-refractivity contribution is 8.76. The van der Waals surface area contributed by atoms with E-state index >= 15 is 0 Å². The van der Waals surface area contributed by atoms with Crippen LogP contribution in [0, 0.1) is 17.8 Å². The minimum Gasteiger partial charge on any atom is -0.756 e. The molecule has 0 aromatic heterocycles. The minimum absolute atomic E-state index is 0.0166. The van der Waals surface area contributed by atoms with Gasteiger partial charge in [0.2, 0.25) is 0 Å². The van der Waals surface area contributed by atoms with Gasteiger partial charge in [-0.2, -0.15) is 0 Å². The zero-order valence-electron chi connectivity index (χ0n) is 78.4. The number of carbonyl (C=O) groups is 2. The van der Waals surface area contributed by atoms with Gasteiger partial charge in [-0.15, -0.1) is 0 Å². The van der Waals surface area contributed by atoms with Gasteiger partial charge in [0.05, 0.1) is 119 Å². The number of phenolic OH excluding ortho intramolecular Hbond substituents is 2. The van der Waals surface area contributed by atoms with Crippen LogP contribution >= 0.6 is 92.0 Å². The molecule has 2 amide bonds. The van der Waals surface area contributed by atoms with Crippen molar-refractivity contribution >= 4 is 126 Å². The van der Waals surface area contributed by atoms with Crippen LogP contribution in [0.2, 0.25) is 0 Å². The molecule has 11 atom stereocenters. The van der Waals surface area contributed by atoms with Crippen LogP contribution in [0.1, 0.15) is 157 Å². The molecular weight excluding hydrogens is 2110 g/mol. The summed E-state index contributed by atoms with van der Waals surface area (Å²) in [5.74, 6) is -0.722. The standard InChI is InChI=1S/C86H125N2O44P9S2/c1-4-5-6-14-52-142-143-53-15-8-7-13-38-113-133(95,96)121-50-51-126-141(111,112)130-63-66(22-10-12-37-88-86(94)70-26-17-24-68(55-70)84-77-33-29-73(91)58-81(77)132-82-59-74(92)30-34-78(82)84)62-129-140(109,110)119-44-19-40-115-135(99,100)123-47-46-122-134(97,98)114-39-18-42-117-138(105,106)127-60-65(61-128-139(107,108)118-43-20-41-116-136(101,102)124-48-49-125-137(103,104)120-45-35-64(2)3)21-9-11-36-87-85(93)69-25-16-23-67(54-69)83-75-31-27-71(89)56-79(75)131-80-57-72(90)28-32-76(80)83/h16-17,23-34,54-59,64-66,89,91H,4-15,18-22,35-53,60-63H2,1-3H3,(H,87,93)(H,88,94)(H,95,96)(H,97,98)(H,99,100)(H,101,102)(H,103,104)(H,105,106)(H,107,108)(H,109,110)(H,111,112)/p-9. The van der Waals surface area contributed by atoms with Gasteiger partial charge in [0.25, 0.3) is 82.2 Å². The summed E-state index contributed by atoms with van der Waals surface area (Å²) in [5, 5.41) is 27.2. The normalized spacial score (nSPS) is 16.3. The molecule has 0 radical (unpaired) electrons. The number of fused-ring (bicyclic) bond motifs is 4. The molecule has 0 saturated heterocycles. The number of hydrogen-bond acceptors (Lipinski definition) is 46. The Bertz CT molecular complexity index is 5840. The van der Waals surface area contributed by atoms with E-state index in [4.69, 9.17) is 58.6 Å². The van der Waals surface area contributed by atoms with Crippen LogP contribution in [0.25, 0.3) is 66.8 Å². The highest BCUT2D eigenvalue weighted by Gasteiger charge is 2.27. The fourth-order valence-corrected chi connectivity index (χ4v) is 22.4. The second-order valence-electron chi connectivity index (χ2n) is 32.3. The molecule has 11 unspecified atom stereocenters. The van der Waals surface area contributed by atoms with Crippen molar-refractivity contribution in [3.63, 3.8) is 0 Å². The Morgan fingerprint density at radius 3 is 0.979 bits per heavy atom. The monoisotopic (exact) mass is 2220 g/mol. The van der Waals surface area contributed by atoms with E-state index in [0.717, 1.165) is 24.3 Å². The average Bonchev–Trinajstić information content (AvgIpc) is 0.757. The molecule has 8 rings (SSSR count). The van der Waals surface area contributed by atoms with E-state index in [1.807, 2.05) is 24.6 Å². The van der Waals surface area contributed by atoms with E-state index in [1.54, 1.807) is 83.6 Å². The molecule has 4 aromatic carbocycles. The molecule has 2 heterocycles. The second kappa shape index (κ2) is 61.7. The third-order valence-electron chi connectivity index (χ3n) is 20.3. The molecule has 143 heavy (non-hydrogen) atoms. The molecular formula is C86H116N2O44P9S2-9. The number of phosphoric acid groups is 9. The van der Waals surface area contributed by atoms with Gasteiger partial charge < -0.3 is 155 Å². The molecule has 0 spiro atoms. The summed E-state index contributed by atoms with van der Waals surface area (Å²) in [7, 11) is -42.8. The number of phenols is 2. The first-order valence-corrected chi connectivity index (χ1v) is 61.2. The lowest BCUT2D eigenvalue weighted by Crippen LogP contribution is -2.25. The zero-order chi connectivity index (χ0) is 104. The smallest absolute Gasteiger partial charge is 0.267 e. The number of rotatable bonds is 77. The Hall–Kier alpha value is -5.51. The number of phosphoric ester groups is 9. The van der Waals surface area contributed by atoms with E-state index in [1.165, 1.54) is 74.2 Å². The largest absolute Gasteiger partial charge is 0.756 e. The second-order valence-corrected chi connectivity index (χ2v) is 47.7. The molecule has 0 bridgehead atoms. The summed E-state index contributed by atoms with van der Waals surface area (Å²) in [5.41, 5.74) is 3.78. The zero-order valence-corrected chi connectivity index (χ0v) is 88.1. The highest BCUT2D eigenvalue weighted by Crippen LogP contribution is 2.50. The summed E-state index contributed by atoms with van der Waals surface area (Å²) < 4.78 is 212. The Morgan fingerprint density at radius 2 is 0.643 bits per heavy atom. The summed E-state index contributed by atoms with van der Waals surface area (Å²) in [6.45, 7) is -7.22. The highest BCUT2D eigenvalue weighted by atomic mass is 33.1. The summed E-state index contributed by atoms with van der Waals surface area (Å²) >= 11 is 0. The molecule has 46 nitrogen and oxygen atoms in total. The van der Waals surface area contributed by atoms with Crippen LogP contribution in [-0.4, -0.2) is 166 Å². The molecule has 4 aromatic rings. The van der Waals surface area contributed by atoms with Gasteiger partial charge >= 0.3 is 0 Å². The van der Waals surface area contributed by atoms with Crippen LogP contribution in [0.5, 0.6) is 11.5 Å². The number of hydrogen-bond donors (Lipinski definition) is 4. The third-order valence-corrected chi connectivity index (χ3v) is 31.7. The van der Waals surface area contributed by atoms with Gasteiger partial charge in [0, 0.05) is 105 Å². The fraction of sp³-hybridized carbons (Fsp3) is 0.535. The van der Waals surface area contributed by atoms with Crippen LogP contribution in [0.3, 0.4) is 0 Å². The number of amides is 2. The Labute approximate surface area is 833 Å². The summed E-state index contributed by atoms with van der Waals surface area (Å²) in [6, 6.07) is 30.5. The molecule has 2 aliphatic carbocycles. The maximum absolute atomic E-state index is 13.6. The third kappa shape index (κ3) is 48.1. The van der Waals surface area contributed by atoms with Gasteiger partial charge in [0.15, 0.2) is 10.9 Å². The van der Waals surface area contributed by atoms with E-state index in [9.17, 15) is 115 Å². The maximum Gasteiger partial charge on any atom is 0.267 e. The lowest BCUT2D eigenvalue weighted by atomic mass is 9.92. The fourth-order valence-electron chi connectivity index (χ4n) is 13.3. The number of carbonyl (C=O) groups excluding carboxylic acids is 2. The Morgan fingerprint density at radius 1 is 0.336 bits per heavy atom. The molecule has 4 N–H and O–H groups in total. The SMILES string of the molecule is CCCCCCSSCCCCCCOP(=O)([O-])OCCOP(=O)([O-])OCC(CCCCNC(=O)c1cccc(-c2c3ccc(=O)cc-3oc3cc(O)ccc23)c1)COP(=O)([O-])OCCCOP(=O)([O-])OCCOP(=O)([O-])OCCCOP(=O)([O-])OCC(CCCCNC(=O)c1cccc(-c2c3ccc(=O)cc-3oc3cc(O)ccc23)c1)COP(=O)([O-])OCCCOP(=O)([O-])OCCOP(=O)([O-])OCCC(C)C. The molecule has 2 aliphatic heterocycles. The van der Waals surface area contributed by atoms with Crippen molar-refractivity contribution in [1.82, 2.24) is 10.6 Å². The first-order valence-electron chi connectivity index (χ1n) is 45.6. The van der Waals surface area contributed by atoms with Crippen molar-refractivity contribution in [1.29, 1.82) is 0 Å². The summed E-state index contributed by atoms with van der Waals surface area (Å²) in [6.07, 6.45) is 7.50. The molecule has 57 heteroatoms. The Kier molecular flexibility index (Phi) is 53.0. The van der Waals surface area contributed by atoms with Gasteiger partial charge in [-0.3, -0.25) is 60.3 Å². The van der Waals surface area contributed by atoms with Crippen molar-refractivity contribution in [3.05, 3.63) is 153 Å². The van der Waals surface area contributed by atoms with Crippen molar-refractivity contribution in [3.8, 4) is 56.4 Å². The number of benzene rings is 6. The molecule has 0 saturated carbocycles. The lowest BCUT2D eigenvalue weighted by Gasteiger charge is -2.29. The Balaban J connectivity index is 0.747. The molecule has 0 fully saturated rings. The first kappa shape index (κ1) is 123. The number of unbranched alkanes of at least 4 members (excludes halogenated alkanes) is 8. The van der Waals surface area contributed by atoms with E-state index in [2.05, 4.69) is 49.2 Å². The number of nitrogens with one attached hydrogen (secondary N) is 2.